The zero-order valence-corrected chi connectivity index (χ0v) is 14.4. The molecule has 1 aromatic carbocycles. The van der Waals surface area contributed by atoms with E-state index in [4.69, 9.17) is 9.26 Å². The van der Waals surface area contributed by atoms with Gasteiger partial charge >= 0.3 is 0 Å². The number of nitrogens with zero attached hydrogens (tertiary/aromatic N) is 2. The van der Waals surface area contributed by atoms with Gasteiger partial charge in [0.15, 0.2) is 0 Å². The summed E-state index contributed by atoms with van der Waals surface area (Å²) in [4.78, 5) is 14.8. The molecule has 6 heteroatoms. The molecule has 1 aromatic heterocycles. The molecular formula is C18H20N2O3S. The van der Waals surface area contributed by atoms with E-state index in [2.05, 4.69) is 5.16 Å². The molecule has 0 saturated carbocycles. The number of rotatable bonds is 2. The first-order chi connectivity index (χ1) is 11.7. The third kappa shape index (κ3) is 2.96. The fourth-order valence-corrected chi connectivity index (χ4v) is 4.62. The van der Waals surface area contributed by atoms with E-state index in [0.29, 0.717) is 16.7 Å². The third-order valence-electron chi connectivity index (χ3n) is 4.66. The average molecular weight is 344 g/mol. The monoisotopic (exact) mass is 344 g/mol. The van der Waals surface area contributed by atoms with Crippen LogP contribution in [0.2, 0.25) is 0 Å². The van der Waals surface area contributed by atoms with Crippen LogP contribution >= 0.6 is 11.8 Å². The summed E-state index contributed by atoms with van der Waals surface area (Å²) in [6, 6.07) is 10.0. The summed E-state index contributed by atoms with van der Waals surface area (Å²) in [5, 5.41) is 4.45. The van der Waals surface area contributed by atoms with E-state index in [1.54, 1.807) is 6.07 Å². The Hall–Kier alpha value is -1.79. The fraction of sp³-hybridized carbons (Fsp3) is 0.444. The Morgan fingerprint density at radius 1 is 1.33 bits per heavy atom. The molecule has 0 aliphatic carbocycles. The summed E-state index contributed by atoms with van der Waals surface area (Å²) in [5.74, 6) is 1.20. The second kappa shape index (κ2) is 6.61. The van der Waals surface area contributed by atoms with Crippen LogP contribution in [0, 0.1) is 6.92 Å². The molecule has 2 saturated heterocycles. The van der Waals surface area contributed by atoms with Gasteiger partial charge in [-0.1, -0.05) is 35.0 Å². The van der Waals surface area contributed by atoms with Gasteiger partial charge in [0.05, 0.1) is 6.61 Å². The van der Waals surface area contributed by atoms with Gasteiger partial charge in [-0.25, -0.2) is 0 Å². The molecule has 0 unspecified atom stereocenters. The molecule has 5 nitrogen and oxygen atoms in total. The molecule has 0 bridgehead atoms. The van der Waals surface area contributed by atoms with Crippen molar-refractivity contribution in [1.82, 2.24) is 10.1 Å². The van der Waals surface area contributed by atoms with E-state index in [1.807, 2.05) is 47.9 Å². The summed E-state index contributed by atoms with van der Waals surface area (Å²) in [6.07, 6.45) is 0.891. The molecule has 0 radical (unpaired) electrons. The minimum absolute atomic E-state index is 0.0574. The second-order valence-electron chi connectivity index (χ2n) is 6.28. The van der Waals surface area contributed by atoms with Crippen LogP contribution in [0.1, 0.15) is 22.5 Å². The van der Waals surface area contributed by atoms with E-state index in [9.17, 15) is 4.79 Å². The molecule has 2 atom stereocenters. The van der Waals surface area contributed by atoms with Crippen molar-refractivity contribution in [3.63, 3.8) is 0 Å². The second-order valence-corrected chi connectivity index (χ2v) is 7.63. The van der Waals surface area contributed by atoms with E-state index in [1.165, 1.54) is 5.56 Å². The van der Waals surface area contributed by atoms with E-state index in [0.717, 1.165) is 37.5 Å². The summed E-state index contributed by atoms with van der Waals surface area (Å²) < 4.78 is 10.9. The highest BCUT2D eigenvalue weighted by Gasteiger charge is 2.38. The van der Waals surface area contributed by atoms with Crippen LogP contribution in [0.15, 0.2) is 34.9 Å². The molecule has 4 rings (SSSR count). The van der Waals surface area contributed by atoms with Crippen molar-refractivity contribution in [2.24, 2.45) is 0 Å². The predicted molar refractivity (Wildman–Crippen MR) is 93.2 cm³/mol. The van der Waals surface area contributed by atoms with Gasteiger partial charge in [0.1, 0.15) is 5.69 Å². The van der Waals surface area contributed by atoms with Crippen molar-refractivity contribution >= 4 is 17.7 Å². The molecule has 3 heterocycles. The Balaban J connectivity index is 1.55. The molecule has 0 N–H and O–H groups in total. The minimum Gasteiger partial charge on any atom is -0.380 e. The molecule has 0 spiro atoms. The highest BCUT2D eigenvalue weighted by molar-refractivity contribution is 8.00. The van der Waals surface area contributed by atoms with Gasteiger partial charge in [0.25, 0.3) is 5.91 Å². The first-order valence-electron chi connectivity index (χ1n) is 8.26. The number of amides is 1. The molecule has 2 aliphatic heterocycles. The number of thioether (sulfide) groups is 1. The van der Waals surface area contributed by atoms with Crippen LogP contribution in [0.25, 0.3) is 11.3 Å². The number of hydrogen-bond donors (Lipinski definition) is 0. The minimum atomic E-state index is -0.0574. The van der Waals surface area contributed by atoms with Gasteiger partial charge in [-0.05, 0) is 13.3 Å². The zero-order chi connectivity index (χ0) is 16.5. The van der Waals surface area contributed by atoms with Crippen LogP contribution < -0.4 is 0 Å². The van der Waals surface area contributed by atoms with Crippen LogP contribution in [-0.4, -0.2) is 52.8 Å². The number of benzene rings is 1. The third-order valence-corrected chi connectivity index (χ3v) is 5.96. The van der Waals surface area contributed by atoms with Crippen molar-refractivity contribution in [2.45, 2.75) is 24.6 Å². The highest BCUT2D eigenvalue weighted by atomic mass is 32.2. The SMILES string of the molecule is Cc1ccc(-c2cc(C(=O)N3CCS[C@H]4COCC[C@H]43)on2)cc1. The molecule has 2 aliphatic rings. The van der Waals surface area contributed by atoms with Crippen LogP contribution in [0.5, 0.6) is 0 Å². The van der Waals surface area contributed by atoms with Gasteiger partial charge in [0, 0.05) is 41.8 Å². The number of hydrogen-bond acceptors (Lipinski definition) is 5. The Morgan fingerprint density at radius 2 is 2.17 bits per heavy atom. The van der Waals surface area contributed by atoms with Crippen LogP contribution in [0.3, 0.4) is 0 Å². The average Bonchev–Trinajstić information content (AvgIpc) is 3.11. The van der Waals surface area contributed by atoms with Gasteiger partial charge in [-0.2, -0.15) is 11.8 Å². The quantitative estimate of drug-likeness (QED) is 0.838. The fourth-order valence-electron chi connectivity index (χ4n) is 3.31. The maximum absolute atomic E-state index is 12.9. The summed E-state index contributed by atoms with van der Waals surface area (Å²) in [7, 11) is 0. The van der Waals surface area contributed by atoms with Crippen molar-refractivity contribution in [3.05, 3.63) is 41.7 Å². The number of ether oxygens (including phenoxy) is 1. The van der Waals surface area contributed by atoms with Crippen molar-refractivity contribution in [3.8, 4) is 11.3 Å². The zero-order valence-electron chi connectivity index (χ0n) is 13.6. The maximum atomic E-state index is 12.9. The Labute approximate surface area is 145 Å². The van der Waals surface area contributed by atoms with Gasteiger partial charge in [0.2, 0.25) is 5.76 Å². The Morgan fingerprint density at radius 3 is 3.00 bits per heavy atom. The van der Waals surface area contributed by atoms with Gasteiger partial charge in [-0.3, -0.25) is 4.79 Å². The first-order valence-corrected chi connectivity index (χ1v) is 9.31. The standard InChI is InChI=1S/C18H20N2O3S/c1-12-2-4-13(5-3-12)14-10-16(23-19-14)18(21)20-7-9-24-17-11-22-8-6-15(17)20/h2-5,10,15,17H,6-9,11H2,1H3/t15-,17+/m1/s1. The van der Waals surface area contributed by atoms with E-state index in [-0.39, 0.29) is 11.9 Å². The van der Waals surface area contributed by atoms with Crippen LogP contribution in [-0.2, 0) is 4.74 Å². The number of fused-ring (bicyclic) bond motifs is 1. The van der Waals surface area contributed by atoms with Gasteiger partial charge < -0.3 is 14.2 Å². The van der Waals surface area contributed by atoms with Gasteiger partial charge in [-0.15, -0.1) is 0 Å². The van der Waals surface area contributed by atoms with Crippen molar-refractivity contribution in [2.75, 3.05) is 25.5 Å². The lowest BCUT2D eigenvalue weighted by Gasteiger charge is -2.42. The lowest BCUT2D eigenvalue weighted by atomic mass is 10.1. The van der Waals surface area contributed by atoms with E-state index >= 15 is 0 Å². The Kier molecular flexibility index (Phi) is 4.33. The molecule has 1 amide bonds. The molecule has 24 heavy (non-hydrogen) atoms. The van der Waals surface area contributed by atoms with Crippen molar-refractivity contribution in [1.29, 1.82) is 0 Å². The molecule has 2 fully saturated rings. The summed E-state index contributed by atoms with van der Waals surface area (Å²) in [6.45, 7) is 4.24. The predicted octanol–water partition coefficient (Wildman–Crippen LogP) is 3.00. The summed E-state index contributed by atoms with van der Waals surface area (Å²) >= 11 is 1.90. The number of aryl methyl sites for hydroxylation is 1. The van der Waals surface area contributed by atoms with E-state index < -0.39 is 0 Å². The highest BCUT2D eigenvalue weighted by Crippen LogP contribution is 2.31. The number of carbonyl (C=O) groups excluding carboxylic acids is 1. The smallest absolute Gasteiger partial charge is 0.292 e. The topological polar surface area (TPSA) is 55.6 Å². The lowest BCUT2D eigenvalue weighted by molar-refractivity contribution is 0.0296. The molecule has 126 valence electrons. The van der Waals surface area contributed by atoms with Crippen LogP contribution in [0.4, 0.5) is 0 Å². The molecular weight excluding hydrogens is 324 g/mol. The molecule has 2 aromatic rings. The first kappa shape index (κ1) is 15.7. The Bertz CT molecular complexity index is 726. The lowest BCUT2D eigenvalue weighted by Crippen LogP contribution is -2.54. The number of aromatic nitrogens is 1. The van der Waals surface area contributed by atoms with Crippen molar-refractivity contribution < 1.29 is 14.1 Å². The number of carbonyl (C=O) groups is 1. The largest absolute Gasteiger partial charge is 0.380 e. The maximum Gasteiger partial charge on any atom is 0.292 e. The summed E-state index contributed by atoms with van der Waals surface area (Å²) in [5.41, 5.74) is 2.85. The normalized spacial score (nSPS) is 23.8.